The molecule has 0 spiro atoms. The Hall–Kier alpha value is -2.18. The molecule has 2 saturated heterocycles. The quantitative estimate of drug-likeness (QED) is 0.839. The number of carbonyl (C=O) groups is 1. The zero-order valence-electron chi connectivity index (χ0n) is 13.6. The Morgan fingerprint density at radius 3 is 2.88 bits per heavy atom. The number of nitrogens with one attached hydrogen (secondary N) is 2. The first-order valence-electron chi connectivity index (χ1n) is 8.44. The molecule has 0 radical (unpaired) electrons. The van der Waals surface area contributed by atoms with Crippen LogP contribution in [0.25, 0.3) is 10.9 Å². The average molecular weight is 326 g/mol. The lowest BCUT2D eigenvalue weighted by atomic mass is 9.90. The van der Waals surface area contributed by atoms with Gasteiger partial charge >= 0.3 is 0 Å². The number of ether oxygens (including phenoxy) is 1. The molecule has 6 heteroatoms. The van der Waals surface area contributed by atoms with Gasteiger partial charge in [-0.15, -0.1) is 6.58 Å². The van der Waals surface area contributed by atoms with Gasteiger partial charge in [-0.1, -0.05) is 24.3 Å². The van der Waals surface area contributed by atoms with Crippen molar-refractivity contribution in [3.63, 3.8) is 0 Å². The summed E-state index contributed by atoms with van der Waals surface area (Å²) in [7, 11) is 0. The van der Waals surface area contributed by atoms with Gasteiger partial charge in [0.25, 0.3) is 5.91 Å². The molecule has 2 bridgehead atoms. The molecule has 2 aromatic rings. The van der Waals surface area contributed by atoms with Crippen molar-refractivity contribution < 1.29 is 9.53 Å². The predicted octanol–water partition coefficient (Wildman–Crippen LogP) is 1.71. The molecule has 1 aromatic carbocycles. The molecule has 4 rings (SSSR count). The number of rotatable bonds is 4. The minimum Gasteiger partial charge on any atom is -0.378 e. The van der Waals surface area contributed by atoms with Crippen molar-refractivity contribution >= 4 is 16.8 Å². The van der Waals surface area contributed by atoms with E-state index in [1.54, 1.807) is 0 Å². The van der Waals surface area contributed by atoms with Crippen LogP contribution in [0.1, 0.15) is 23.3 Å². The minimum absolute atomic E-state index is 0.103. The average Bonchev–Trinajstić information content (AvgIpc) is 3.00. The number of carbonyl (C=O) groups excluding carboxylic acids is 1. The Kier molecular flexibility index (Phi) is 4.08. The van der Waals surface area contributed by atoms with Crippen LogP contribution < -0.4 is 5.32 Å². The van der Waals surface area contributed by atoms with E-state index < -0.39 is 0 Å². The van der Waals surface area contributed by atoms with Crippen molar-refractivity contribution in [1.82, 2.24) is 20.4 Å². The standard InChI is InChI=1S/C18H22N4O2/c1-2-7-22-13-8-12(9-14(22)11-24-10-13)19-18(23)17-15-5-3-4-6-16(15)20-21-17/h2-6,12-14H,1,7-11H2,(H,19,23)(H,20,21)/t12?,13-,14+. The molecular formula is C18H22N4O2. The molecule has 3 heterocycles. The van der Waals surface area contributed by atoms with E-state index in [0.717, 1.165) is 43.5 Å². The number of H-pyrrole nitrogens is 1. The summed E-state index contributed by atoms with van der Waals surface area (Å²) in [5.74, 6) is -0.103. The van der Waals surface area contributed by atoms with Gasteiger partial charge in [-0.05, 0) is 18.9 Å². The Balaban J connectivity index is 1.48. The van der Waals surface area contributed by atoms with Crippen LogP contribution >= 0.6 is 0 Å². The van der Waals surface area contributed by atoms with Crippen molar-refractivity contribution in [2.45, 2.75) is 31.0 Å². The first-order chi connectivity index (χ1) is 11.8. The Morgan fingerprint density at radius 1 is 1.38 bits per heavy atom. The Labute approximate surface area is 140 Å². The third-order valence-electron chi connectivity index (χ3n) is 5.03. The van der Waals surface area contributed by atoms with Crippen molar-refractivity contribution in [2.24, 2.45) is 0 Å². The van der Waals surface area contributed by atoms with Gasteiger partial charge in [-0.2, -0.15) is 5.10 Å². The molecule has 1 aromatic heterocycles. The van der Waals surface area contributed by atoms with Gasteiger partial charge in [0, 0.05) is 30.1 Å². The first-order valence-corrected chi connectivity index (χ1v) is 8.44. The zero-order valence-corrected chi connectivity index (χ0v) is 13.6. The van der Waals surface area contributed by atoms with Gasteiger partial charge in [0.1, 0.15) is 0 Å². The maximum absolute atomic E-state index is 12.7. The van der Waals surface area contributed by atoms with Gasteiger partial charge in [-0.3, -0.25) is 14.8 Å². The topological polar surface area (TPSA) is 70.2 Å². The van der Waals surface area contributed by atoms with Gasteiger partial charge in [0.2, 0.25) is 0 Å². The maximum Gasteiger partial charge on any atom is 0.272 e. The summed E-state index contributed by atoms with van der Waals surface area (Å²) in [5, 5.41) is 11.2. The van der Waals surface area contributed by atoms with Crippen molar-refractivity contribution in [2.75, 3.05) is 19.8 Å². The van der Waals surface area contributed by atoms with Crippen LogP contribution in [-0.4, -0.2) is 58.9 Å². The third-order valence-corrected chi connectivity index (χ3v) is 5.03. The van der Waals surface area contributed by atoms with Gasteiger partial charge in [0.05, 0.1) is 18.7 Å². The fourth-order valence-electron chi connectivity index (χ4n) is 3.95. The zero-order chi connectivity index (χ0) is 16.5. The van der Waals surface area contributed by atoms with Gasteiger partial charge < -0.3 is 10.1 Å². The molecule has 1 unspecified atom stereocenters. The van der Waals surface area contributed by atoms with Crippen LogP contribution in [0, 0.1) is 0 Å². The minimum atomic E-state index is -0.103. The highest BCUT2D eigenvalue weighted by atomic mass is 16.5. The van der Waals surface area contributed by atoms with Crippen LogP contribution in [0.5, 0.6) is 0 Å². The molecule has 2 N–H and O–H groups in total. The number of hydrogen-bond acceptors (Lipinski definition) is 4. The fraction of sp³-hybridized carbons (Fsp3) is 0.444. The highest BCUT2D eigenvalue weighted by Crippen LogP contribution is 2.28. The number of hydrogen-bond donors (Lipinski definition) is 2. The summed E-state index contributed by atoms with van der Waals surface area (Å²) < 4.78 is 5.69. The lowest BCUT2D eigenvalue weighted by Crippen LogP contribution is -2.60. The second-order valence-corrected chi connectivity index (χ2v) is 6.59. The van der Waals surface area contributed by atoms with E-state index in [0.29, 0.717) is 17.8 Å². The van der Waals surface area contributed by atoms with Crippen LogP contribution in [0.3, 0.4) is 0 Å². The number of aromatic nitrogens is 2. The SMILES string of the molecule is C=CCN1[C@@H]2COC[C@H]1CC(NC(=O)c1n[nH]c3ccccc13)C2. The monoisotopic (exact) mass is 326 g/mol. The highest BCUT2D eigenvalue weighted by molar-refractivity contribution is 6.04. The third kappa shape index (κ3) is 2.72. The van der Waals surface area contributed by atoms with Crippen LogP contribution in [0.4, 0.5) is 0 Å². The molecule has 0 aliphatic carbocycles. The number of benzene rings is 1. The summed E-state index contributed by atoms with van der Waals surface area (Å²) in [4.78, 5) is 15.1. The summed E-state index contributed by atoms with van der Waals surface area (Å²) in [6, 6.07) is 8.54. The van der Waals surface area contributed by atoms with E-state index in [-0.39, 0.29) is 11.9 Å². The van der Waals surface area contributed by atoms with E-state index in [1.165, 1.54) is 0 Å². The number of piperidine rings is 1. The summed E-state index contributed by atoms with van der Waals surface area (Å²) in [6.45, 7) is 6.18. The van der Waals surface area contributed by atoms with E-state index in [1.807, 2.05) is 30.3 Å². The summed E-state index contributed by atoms with van der Waals surface area (Å²) in [5.41, 5.74) is 1.36. The maximum atomic E-state index is 12.7. The normalized spacial score (nSPS) is 27.1. The highest BCUT2D eigenvalue weighted by Gasteiger charge is 2.39. The second-order valence-electron chi connectivity index (χ2n) is 6.59. The number of fused-ring (bicyclic) bond motifs is 3. The van der Waals surface area contributed by atoms with Gasteiger partial charge in [0.15, 0.2) is 5.69 Å². The van der Waals surface area contributed by atoms with E-state index >= 15 is 0 Å². The largest absolute Gasteiger partial charge is 0.378 e. The Bertz CT molecular complexity index is 742. The molecular weight excluding hydrogens is 304 g/mol. The fourth-order valence-corrected chi connectivity index (χ4v) is 3.95. The van der Waals surface area contributed by atoms with Crippen LogP contribution in [0.2, 0.25) is 0 Å². The van der Waals surface area contributed by atoms with Crippen molar-refractivity contribution in [1.29, 1.82) is 0 Å². The van der Waals surface area contributed by atoms with Crippen molar-refractivity contribution in [3.05, 3.63) is 42.6 Å². The molecule has 1 amide bonds. The van der Waals surface area contributed by atoms with Crippen LogP contribution in [-0.2, 0) is 4.74 Å². The lowest BCUT2D eigenvalue weighted by Gasteiger charge is -2.48. The molecule has 24 heavy (non-hydrogen) atoms. The van der Waals surface area contributed by atoms with E-state index in [9.17, 15) is 4.79 Å². The van der Waals surface area contributed by atoms with E-state index in [4.69, 9.17) is 4.74 Å². The molecule has 3 atom stereocenters. The number of para-hydroxylation sites is 1. The number of amides is 1. The van der Waals surface area contributed by atoms with Crippen molar-refractivity contribution in [3.8, 4) is 0 Å². The molecule has 2 aliphatic heterocycles. The Morgan fingerprint density at radius 2 is 2.12 bits per heavy atom. The smallest absolute Gasteiger partial charge is 0.272 e. The molecule has 6 nitrogen and oxygen atoms in total. The molecule has 0 saturated carbocycles. The summed E-state index contributed by atoms with van der Waals surface area (Å²) in [6.07, 6.45) is 3.75. The number of morpholine rings is 1. The van der Waals surface area contributed by atoms with E-state index in [2.05, 4.69) is 27.0 Å². The van der Waals surface area contributed by atoms with Gasteiger partial charge in [-0.25, -0.2) is 0 Å². The molecule has 2 fully saturated rings. The second kappa shape index (κ2) is 6.37. The molecule has 2 aliphatic rings. The predicted molar refractivity (Wildman–Crippen MR) is 91.9 cm³/mol. The lowest BCUT2D eigenvalue weighted by molar-refractivity contribution is -0.0744. The number of aromatic amines is 1. The van der Waals surface area contributed by atoms with Crippen LogP contribution in [0.15, 0.2) is 36.9 Å². The summed E-state index contributed by atoms with van der Waals surface area (Å²) >= 11 is 0. The number of nitrogens with zero attached hydrogens (tertiary/aromatic N) is 2. The first kappa shape index (κ1) is 15.4. The molecule has 126 valence electrons.